The summed E-state index contributed by atoms with van der Waals surface area (Å²) in [5.74, 6) is 1.44. The predicted octanol–water partition coefficient (Wildman–Crippen LogP) is 2.52. The van der Waals surface area contributed by atoms with Crippen LogP contribution in [0.3, 0.4) is 0 Å². The molecule has 8 heteroatoms. The molecule has 0 bridgehead atoms. The fourth-order valence-corrected chi connectivity index (χ4v) is 10.4. The van der Waals surface area contributed by atoms with Crippen LogP contribution >= 0.6 is 0 Å². The fourth-order valence-electron chi connectivity index (χ4n) is 8.54. The van der Waals surface area contributed by atoms with Gasteiger partial charge in [-0.1, -0.05) is 24.3 Å². The minimum atomic E-state index is -3.66. The number of benzene rings is 2. The van der Waals surface area contributed by atoms with Gasteiger partial charge in [0.05, 0.1) is 22.0 Å². The van der Waals surface area contributed by atoms with Gasteiger partial charge in [0.25, 0.3) is 0 Å². The van der Waals surface area contributed by atoms with Gasteiger partial charge in [-0.2, -0.15) is 4.31 Å². The van der Waals surface area contributed by atoms with Crippen LogP contribution in [-0.4, -0.2) is 64.7 Å². The summed E-state index contributed by atoms with van der Waals surface area (Å²) in [6.07, 6.45) is 3.07. The molecule has 1 unspecified atom stereocenters. The van der Waals surface area contributed by atoms with Crippen molar-refractivity contribution in [2.24, 2.45) is 11.8 Å². The third-order valence-electron chi connectivity index (χ3n) is 10.1. The molecule has 0 radical (unpaired) electrons. The Morgan fingerprint density at radius 2 is 1.94 bits per heavy atom. The summed E-state index contributed by atoms with van der Waals surface area (Å²) >= 11 is 0. The third kappa shape index (κ3) is 2.27. The van der Waals surface area contributed by atoms with E-state index in [0.29, 0.717) is 30.0 Å². The molecule has 3 aliphatic carbocycles. The molecule has 35 heavy (non-hydrogen) atoms. The van der Waals surface area contributed by atoms with E-state index in [9.17, 15) is 18.6 Å². The number of likely N-dealkylation sites (tertiary alicyclic amines) is 1. The normalized spacial score (nSPS) is 40.4. The number of nitrogens with zero attached hydrogens (tertiary/aromatic N) is 2. The minimum Gasteiger partial charge on any atom is -0.504 e. The number of piperidine rings is 1. The fraction of sp³-hybridized carbons (Fsp3) is 0.556. The number of phenolic OH excluding ortho intramolecular Hbond substituents is 1. The molecule has 3 saturated carbocycles. The molecular weight excluding hydrogens is 464 g/mol. The highest BCUT2D eigenvalue weighted by Gasteiger charge is 2.85. The van der Waals surface area contributed by atoms with Crippen LogP contribution in [0.15, 0.2) is 41.3 Å². The van der Waals surface area contributed by atoms with Crippen LogP contribution in [0.4, 0.5) is 0 Å². The van der Waals surface area contributed by atoms with Crippen molar-refractivity contribution in [2.45, 2.75) is 73.3 Å². The Morgan fingerprint density at radius 1 is 1.14 bits per heavy atom. The van der Waals surface area contributed by atoms with E-state index < -0.39 is 33.2 Å². The molecule has 184 valence electrons. The highest BCUT2D eigenvalue weighted by atomic mass is 32.2. The zero-order valence-electron chi connectivity index (χ0n) is 19.7. The smallest absolute Gasteiger partial charge is 0.244 e. The molecule has 8 rings (SSSR count). The number of fused-ring (bicyclic) bond motifs is 4. The first kappa shape index (κ1) is 21.0. The monoisotopic (exact) mass is 494 g/mol. The number of aromatic hydroxyl groups is 1. The highest BCUT2D eigenvalue weighted by molar-refractivity contribution is 7.89. The molecule has 0 amide bonds. The number of aliphatic hydroxyl groups is 1. The molecule has 6 aliphatic rings. The van der Waals surface area contributed by atoms with Crippen molar-refractivity contribution in [3.8, 4) is 11.5 Å². The van der Waals surface area contributed by atoms with E-state index in [1.807, 2.05) is 25.1 Å². The summed E-state index contributed by atoms with van der Waals surface area (Å²) in [5.41, 5.74) is 1.000. The Hall–Kier alpha value is -2.13. The zero-order valence-corrected chi connectivity index (χ0v) is 20.5. The topological polar surface area (TPSA) is 90.3 Å². The van der Waals surface area contributed by atoms with Gasteiger partial charge >= 0.3 is 0 Å². The van der Waals surface area contributed by atoms with Gasteiger partial charge in [-0.05, 0) is 61.8 Å². The summed E-state index contributed by atoms with van der Waals surface area (Å²) in [4.78, 5) is 2.82. The van der Waals surface area contributed by atoms with Crippen molar-refractivity contribution in [1.29, 1.82) is 0 Å². The number of hydrogen-bond donors (Lipinski definition) is 2. The first-order valence-corrected chi connectivity index (χ1v) is 14.3. The molecule has 2 N–H and O–H groups in total. The number of rotatable bonds is 3. The van der Waals surface area contributed by atoms with Crippen molar-refractivity contribution < 1.29 is 23.4 Å². The van der Waals surface area contributed by atoms with Crippen molar-refractivity contribution in [3.05, 3.63) is 53.1 Å². The van der Waals surface area contributed by atoms with Crippen LogP contribution in [0.1, 0.15) is 42.4 Å². The Balaban J connectivity index is 1.26. The predicted molar refractivity (Wildman–Crippen MR) is 128 cm³/mol. The number of ether oxygens (including phenoxy) is 1. The average Bonchev–Trinajstić information content (AvgIpc) is 3.49. The Labute approximate surface area is 205 Å². The van der Waals surface area contributed by atoms with E-state index in [2.05, 4.69) is 4.90 Å². The van der Waals surface area contributed by atoms with Crippen LogP contribution in [0.2, 0.25) is 0 Å². The second-order valence-corrected chi connectivity index (χ2v) is 13.5. The van der Waals surface area contributed by atoms with Gasteiger partial charge in [0.1, 0.15) is 6.10 Å². The van der Waals surface area contributed by atoms with Crippen molar-refractivity contribution in [3.63, 3.8) is 0 Å². The van der Waals surface area contributed by atoms with Crippen LogP contribution in [0, 0.1) is 18.8 Å². The number of hydrogen-bond acceptors (Lipinski definition) is 6. The lowest BCUT2D eigenvalue weighted by atomic mass is 9.35. The number of sulfonamides is 1. The van der Waals surface area contributed by atoms with Gasteiger partial charge in [-0.3, -0.25) is 4.90 Å². The van der Waals surface area contributed by atoms with Gasteiger partial charge in [-0.25, -0.2) is 8.42 Å². The largest absolute Gasteiger partial charge is 0.504 e. The molecule has 2 aromatic rings. The molecule has 3 heterocycles. The molecule has 6 atom stereocenters. The number of aryl methyl sites for hydroxylation is 1. The average molecular weight is 495 g/mol. The van der Waals surface area contributed by atoms with Gasteiger partial charge in [0.2, 0.25) is 10.0 Å². The van der Waals surface area contributed by atoms with E-state index >= 15 is 0 Å². The lowest BCUT2D eigenvalue weighted by Gasteiger charge is -2.78. The van der Waals surface area contributed by atoms with E-state index in [0.717, 1.165) is 35.7 Å². The maximum absolute atomic E-state index is 13.7. The van der Waals surface area contributed by atoms with E-state index in [4.69, 9.17) is 4.74 Å². The third-order valence-corrected chi connectivity index (χ3v) is 12.0. The SMILES string of the molecule is Cc1ccc(O)c2c1[C@]13C4CN(CC5CC5)[C@H]4[C@]1(O)CC[C@@H](N1Cc4ccccc4S1(=O)=O)[C@@H]3O2. The molecule has 7 nitrogen and oxygen atoms in total. The summed E-state index contributed by atoms with van der Waals surface area (Å²) in [7, 11) is -3.66. The van der Waals surface area contributed by atoms with Crippen molar-refractivity contribution >= 4 is 10.0 Å². The highest BCUT2D eigenvalue weighted by Crippen LogP contribution is 2.74. The standard InChI is InChI=1S/C27H30N2O5S/c1-15-6-9-20(30)23-22(15)27-18-14-28(12-16-7-8-16)24(18)26(27,31)11-10-19(25(27)34-23)29-13-17-4-2-3-5-21(17)35(29,32)33/h2-6,9,16,18-19,24-25,30-31H,7-8,10-14H2,1H3/t18?,19-,24-,25+,26-,27+/m1/s1. The van der Waals surface area contributed by atoms with E-state index in [-0.39, 0.29) is 17.7 Å². The first-order chi connectivity index (χ1) is 16.8. The lowest BCUT2D eigenvalue weighted by molar-refractivity contribution is -0.321. The minimum absolute atomic E-state index is 0.0700. The van der Waals surface area contributed by atoms with E-state index in [1.165, 1.54) is 12.8 Å². The van der Waals surface area contributed by atoms with Crippen molar-refractivity contribution in [2.75, 3.05) is 13.1 Å². The molecule has 0 aromatic heterocycles. The molecule has 3 aliphatic heterocycles. The van der Waals surface area contributed by atoms with Crippen molar-refractivity contribution in [1.82, 2.24) is 9.21 Å². The lowest BCUT2D eigenvalue weighted by Crippen LogP contribution is -2.92. The second-order valence-electron chi connectivity index (χ2n) is 11.7. The van der Waals surface area contributed by atoms with Crippen LogP contribution in [0.5, 0.6) is 11.5 Å². The van der Waals surface area contributed by atoms with Gasteiger partial charge in [-0.15, -0.1) is 0 Å². The summed E-state index contributed by atoms with van der Waals surface area (Å²) in [6.45, 7) is 4.26. The summed E-state index contributed by atoms with van der Waals surface area (Å²) in [5, 5.41) is 23.2. The Bertz CT molecular complexity index is 1390. The first-order valence-electron chi connectivity index (χ1n) is 12.8. The van der Waals surface area contributed by atoms with Crippen LogP contribution in [0.25, 0.3) is 0 Å². The molecular formula is C27H30N2O5S. The quantitative estimate of drug-likeness (QED) is 0.682. The maximum Gasteiger partial charge on any atom is 0.244 e. The maximum atomic E-state index is 13.7. The Kier molecular flexibility index (Phi) is 3.84. The van der Waals surface area contributed by atoms with Crippen LogP contribution < -0.4 is 4.74 Å². The second kappa shape index (κ2) is 6.40. The van der Waals surface area contributed by atoms with Gasteiger partial charge < -0.3 is 14.9 Å². The Morgan fingerprint density at radius 3 is 2.71 bits per heavy atom. The molecule has 4 fully saturated rings. The molecule has 1 saturated heterocycles. The molecule has 1 spiro atoms. The summed E-state index contributed by atoms with van der Waals surface area (Å²) in [6, 6.07) is 10.4. The van der Waals surface area contributed by atoms with Gasteiger partial charge in [0, 0.05) is 37.2 Å². The van der Waals surface area contributed by atoms with Gasteiger partial charge in [0.15, 0.2) is 11.5 Å². The molecule has 2 aromatic carbocycles. The number of phenols is 1. The van der Waals surface area contributed by atoms with Crippen LogP contribution in [-0.2, 0) is 22.0 Å². The summed E-state index contributed by atoms with van der Waals surface area (Å²) < 4.78 is 35.5. The van der Waals surface area contributed by atoms with E-state index in [1.54, 1.807) is 22.5 Å². The zero-order chi connectivity index (χ0) is 23.9.